The Hall–Kier alpha value is -0.380. The van der Waals surface area contributed by atoms with Crippen LogP contribution in [0.4, 0.5) is 0 Å². The SMILES string of the molecule is OCCCNC(c1cccs1)C1CC1. The van der Waals surface area contributed by atoms with Crippen molar-refractivity contribution < 1.29 is 5.11 Å². The van der Waals surface area contributed by atoms with Crippen LogP contribution in [0.3, 0.4) is 0 Å². The molecule has 1 aromatic heterocycles. The Balaban J connectivity index is 1.88. The molecule has 1 aliphatic rings. The molecule has 0 saturated heterocycles. The highest BCUT2D eigenvalue weighted by Crippen LogP contribution is 2.42. The van der Waals surface area contributed by atoms with Crippen LogP contribution in [0.2, 0.25) is 0 Å². The lowest BCUT2D eigenvalue weighted by molar-refractivity contribution is 0.282. The molecular weight excluding hydrogens is 194 g/mol. The first-order valence-corrected chi connectivity index (χ1v) is 6.17. The zero-order valence-electron chi connectivity index (χ0n) is 8.28. The van der Waals surface area contributed by atoms with Crippen LogP contribution < -0.4 is 5.32 Å². The molecule has 2 rings (SSSR count). The van der Waals surface area contributed by atoms with Crippen LogP contribution in [0.5, 0.6) is 0 Å². The number of hydrogen-bond acceptors (Lipinski definition) is 3. The Morgan fingerprint density at radius 3 is 3.00 bits per heavy atom. The molecule has 1 unspecified atom stereocenters. The predicted octanol–water partition coefficient (Wildman–Crippen LogP) is 2.17. The van der Waals surface area contributed by atoms with Gasteiger partial charge in [0.15, 0.2) is 0 Å². The second kappa shape index (κ2) is 4.91. The van der Waals surface area contributed by atoms with Crippen LogP contribution in [0.25, 0.3) is 0 Å². The molecule has 0 radical (unpaired) electrons. The Morgan fingerprint density at radius 2 is 2.43 bits per heavy atom. The molecule has 0 aromatic carbocycles. The van der Waals surface area contributed by atoms with Crippen molar-refractivity contribution in [2.75, 3.05) is 13.2 Å². The molecule has 3 heteroatoms. The number of nitrogens with one attached hydrogen (secondary N) is 1. The van der Waals surface area contributed by atoms with Gasteiger partial charge in [0.05, 0.1) is 0 Å². The van der Waals surface area contributed by atoms with Crippen molar-refractivity contribution in [3.63, 3.8) is 0 Å². The van der Waals surface area contributed by atoms with Crippen molar-refractivity contribution in [3.05, 3.63) is 22.4 Å². The van der Waals surface area contributed by atoms with Crippen LogP contribution in [-0.4, -0.2) is 18.3 Å². The summed E-state index contributed by atoms with van der Waals surface area (Å²) in [6.45, 7) is 1.21. The zero-order valence-corrected chi connectivity index (χ0v) is 9.09. The van der Waals surface area contributed by atoms with Gasteiger partial charge in [-0.15, -0.1) is 11.3 Å². The molecule has 0 aliphatic heterocycles. The van der Waals surface area contributed by atoms with Gasteiger partial charge in [-0.25, -0.2) is 0 Å². The highest BCUT2D eigenvalue weighted by Gasteiger charge is 2.32. The molecule has 1 fully saturated rings. The van der Waals surface area contributed by atoms with E-state index in [0.29, 0.717) is 6.04 Å². The predicted molar refractivity (Wildman–Crippen MR) is 59.5 cm³/mol. The van der Waals surface area contributed by atoms with Gasteiger partial charge >= 0.3 is 0 Å². The number of thiophene rings is 1. The summed E-state index contributed by atoms with van der Waals surface area (Å²) in [5, 5.41) is 14.4. The van der Waals surface area contributed by atoms with Crippen LogP contribution in [0.1, 0.15) is 30.2 Å². The third kappa shape index (κ3) is 2.56. The van der Waals surface area contributed by atoms with E-state index in [4.69, 9.17) is 5.11 Å². The summed E-state index contributed by atoms with van der Waals surface area (Å²) >= 11 is 1.83. The van der Waals surface area contributed by atoms with Crippen molar-refractivity contribution in [3.8, 4) is 0 Å². The van der Waals surface area contributed by atoms with Crippen LogP contribution in [0.15, 0.2) is 17.5 Å². The molecule has 2 nitrogen and oxygen atoms in total. The minimum atomic E-state index is 0.287. The first kappa shape index (κ1) is 10.1. The fourth-order valence-corrected chi connectivity index (χ4v) is 2.63. The van der Waals surface area contributed by atoms with E-state index in [9.17, 15) is 0 Å². The maximum absolute atomic E-state index is 8.73. The normalized spacial score (nSPS) is 18.4. The van der Waals surface area contributed by atoms with Crippen LogP contribution in [0, 0.1) is 5.92 Å². The Bertz CT molecular complexity index is 256. The first-order valence-electron chi connectivity index (χ1n) is 5.29. The molecule has 1 atom stereocenters. The fourth-order valence-electron chi connectivity index (χ4n) is 1.73. The number of hydrogen-bond donors (Lipinski definition) is 2. The Morgan fingerprint density at radius 1 is 1.57 bits per heavy atom. The monoisotopic (exact) mass is 211 g/mol. The minimum Gasteiger partial charge on any atom is -0.396 e. The third-order valence-electron chi connectivity index (χ3n) is 2.64. The van der Waals surface area contributed by atoms with Gasteiger partial charge < -0.3 is 10.4 Å². The molecule has 0 bridgehead atoms. The van der Waals surface area contributed by atoms with Gasteiger partial charge in [0.2, 0.25) is 0 Å². The number of aliphatic hydroxyl groups is 1. The van der Waals surface area contributed by atoms with E-state index in [0.717, 1.165) is 18.9 Å². The van der Waals surface area contributed by atoms with Crippen LogP contribution >= 0.6 is 11.3 Å². The maximum Gasteiger partial charge on any atom is 0.0443 e. The summed E-state index contributed by atoms with van der Waals surface area (Å²) in [5.74, 6) is 0.840. The summed E-state index contributed by atoms with van der Waals surface area (Å²) in [7, 11) is 0. The van der Waals surface area contributed by atoms with Gasteiger partial charge in [-0.3, -0.25) is 0 Å². The maximum atomic E-state index is 8.73. The lowest BCUT2D eigenvalue weighted by Crippen LogP contribution is -2.23. The molecule has 1 saturated carbocycles. The molecule has 1 aromatic rings. The highest BCUT2D eigenvalue weighted by atomic mass is 32.1. The van der Waals surface area contributed by atoms with Gasteiger partial charge in [0.25, 0.3) is 0 Å². The largest absolute Gasteiger partial charge is 0.396 e. The first-order chi connectivity index (χ1) is 6.92. The Labute approximate surface area is 89.0 Å². The molecule has 0 spiro atoms. The average molecular weight is 211 g/mol. The molecule has 1 heterocycles. The molecule has 14 heavy (non-hydrogen) atoms. The van der Waals surface area contributed by atoms with E-state index in [1.807, 2.05) is 11.3 Å². The van der Waals surface area contributed by atoms with Gasteiger partial charge in [-0.05, 0) is 43.2 Å². The summed E-state index contributed by atoms with van der Waals surface area (Å²) in [5.41, 5.74) is 0. The van der Waals surface area contributed by atoms with Gasteiger partial charge in [-0.2, -0.15) is 0 Å². The molecule has 78 valence electrons. The lowest BCUT2D eigenvalue weighted by Gasteiger charge is -2.16. The summed E-state index contributed by atoms with van der Waals surface area (Å²) in [6.07, 6.45) is 3.57. The van der Waals surface area contributed by atoms with E-state index >= 15 is 0 Å². The smallest absolute Gasteiger partial charge is 0.0443 e. The summed E-state index contributed by atoms with van der Waals surface area (Å²) in [6, 6.07) is 4.87. The summed E-state index contributed by atoms with van der Waals surface area (Å²) < 4.78 is 0. The quantitative estimate of drug-likeness (QED) is 0.707. The third-order valence-corrected chi connectivity index (χ3v) is 3.60. The van der Waals surface area contributed by atoms with Crippen molar-refractivity contribution in [1.82, 2.24) is 5.32 Å². The van der Waals surface area contributed by atoms with Gasteiger partial charge in [-0.1, -0.05) is 6.07 Å². The van der Waals surface area contributed by atoms with Crippen molar-refractivity contribution >= 4 is 11.3 Å². The van der Waals surface area contributed by atoms with Crippen molar-refractivity contribution in [1.29, 1.82) is 0 Å². The van der Waals surface area contributed by atoms with E-state index < -0.39 is 0 Å². The van der Waals surface area contributed by atoms with Crippen molar-refractivity contribution in [2.24, 2.45) is 5.92 Å². The molecular formula is C11H17NOS. The van der Waals surface area contributed by atoms with E-state index in [-0.39, 0.29) is 6.61 Å². The van der Waals surface area contributed by atoms with Crippen LogP contribution in [-0.2, 0) is 0 Å². The fraction of sp³-hybridized carbons (Fsp3) is 0.636. The number of rotatable bonds is 6. The summed E-state index contributed by atoms with van der Waals surface area (Å²) in [4.78, 5) is 1.45. The molecule has 1 aliphatic carbocycles. The van der Waals surface area contributed by atoms with Gasteiger partial charge in [0.1, 0.15) is 0 Å². The van der Waals surface area contributed by atoms with Gasteiger partial charge in [0, 0.05) is 17.5 Å². The molecule has 0 amide bonds. The lowest BCUT2D eigenvalue weighted by atomic mass is 10.1. The standard InChI is InChI=1S/C11H17NOS/c13-7-2-6-12-11(9-4-5-9)10-3-1-8-14-10/h1,3,8-9,11-13H,2,4-7H2. The second-order valence-corrected chi connectivity index (χ2v) is 4.84. The topological polar surface area (TPSA) is 32.3 Å². The second-order valence-electron chi connectivity index (χ2n) is 3.86. The van der Waals surface area contributed by atoms with Crippen molar-refractivity contribution in [2.45, 2.75) is 25.3 Å². The van der Waals surface area contributed by atoms with E-state index in [1.165, 1.54) is 17.7 Å². The Kier molecular flexibility index (Phi) is 3.56. The number of aliphatic hydroxyl groups excluding tert-OH is 1. The molecule has 2 N–H and O–H groups in total. The van der Waals surface area contributed by atoms with E-state index in [2.05, 4.69) is 22.8 Å². The zero-order chi connectivity index (χ0) is 9.80. The minimum absolute atomic E-state index is 0.287. The van der Waals surface area contributed by atoms with E-state index in [1.54, 1.807) is 0 Å². The highest BCUT2D eigenvalue weighted by molar-refractivity contribution is 7.10. The average Bonchev–Trinajstić information content (AvgIpc) is 2.88.